The number of azo groups is 3. The number of hydrogen-bond acceptors (Lipinski definition) is 23. The molecule has 6 N–H and O–H groups in total. The normalized spacial score (nSPS) is 12.4. The molecule has 1 aromatic heterocycles. The van der Waals surface area contributed by atoms with Crippen LogP contribution in [0.15, 0.2) is 147 Å². The summed E-state index contributed by atoms with van der Waals surface area (Å²) in [6.45, 7) is 1.61. The van der Waals surface area contributed by atoms with E-state index in [1.165, 1.54) is 60.7 Å². The molecule has 68 heavy (non-hydrogen) atoms. The largest absolute Gasteiger partial charge is 1.00 e. The standard InChI is InChI=1S/C37H28N8O16S4.3Na/c1-18-12-21(38-39-22-4-2-19-13-25(62-61-60-50)17-30(27(19)15-22)64(54,55)56)6-11-29(18)41-42-32-31(65(57,58)59)14-20-3-5-23(16-28(20)35(32)46)40-43-33-34(37(48)49)44-45(36(33)47)24-7-9-26(10-8-24)63(51,52)53;;;/h2-17,46-47,50,57-59H,1H3,(H,48,49)(H,51,52,53)(H,54,55,56);;;/q;3*+1/p-3. The van der Waals surface area contributed by atoms with Crippen molar-refractivity contribution >= 4 is 105 Å². The number of carbonyl (C=O) groups is 1. The molecule has 0 radical (unpaired) electrons. The van der Waals surface area contributed by atoms with Crippen LogP contribution in [0.3, 0.4) is 0 Å². The number of phenols is 1. The number of nitrogens with zero attached hydrogens (tertiary/aromatic N) is 8. The van der Waals surface area contributed by atoms with Crippen molar-refractivity contribution in [3.63, 3.8) is 0 Å². The summed E-state index contributed by atoms with van der Waals surface area (Å²) in [5, 5.41) is 73.9. The molecule has 6 aromatic carbocycles. The van der Waals surface area contributed by atoms with E-state index in [0.717, 1.165) is 41.1 Å². The quantitative estimate of drug-likeness (QED) is 0.0199. The van der Waals surface area contributed by atoms with Gasteiger partial charge in [-0.25, -0.2) is 21.6 Å². The number of rotatable bonds is 14. The van der Waals surface area contributed by atoms with Crippen LogP contribution in [-0.4, -0.2) is 70.7 Å². The molecule has 1 heterocycles. The second-order valence-electron chi connectivity index (χ2n) is 13.3. The fourth-order valence-corrected chi connectivity index (χ4v) is 8.46. The summed E-state index contributed by atoms with van der Waals surface area (Å²) in [5.74, 6) is -3.15. The summed E-state index contributed by atoms with van der Waals surface area (Å²) in [7, 11) is -14.3. The summed E-state index contributed by atoms with van der Waals surface area (Å²) >= 11 is 0.404. The zero-order valence-corrected chi connectivity index (χ0v) is 44.5. The number of carboxylic acid groups (broad SMARTS) is 1. The van der Waals surface area contributed by atoms with Crippen LogP contribution in [0.4, 0.5) is 34.1 Å². The second-order valence-corrected chi connectivity index (χ2v) is 18.2. The molecule has 0 fully saturated rings. The fraction of sp³-hybridized carbons (Fsp3) is 0.0270. The van der Waals surface area contributed by atoms with Crippen LogP contribution >= 0.6 is 22.9 Å². The molecular formula is C37H25N8Na3O16S4. The number of fused-ring (bicyclic) bond motifs is 2. The van der Waals surface area contributed by atoms with Gasteiger partial charge in [0.15, 0.2) is 11.4 Å². The fourth-order valence-electron chi connectivity index (χ4n) is 6.06. The summed E-state index contributed by atoms with van der Waals surface area (Å²) in [6.07, 6.45) is 0. The first-order chi connectivity index (χ1) is 30.6. The predicted molar refractivity (Wildman–Crippen MR) is 223 cm³/mol. The van der Waals surface area contributed by atoms with Gasteiger partial charge in [-0.2, -0.15) is 34.6 Å². The third-order valence-corrected chi connectivity index (χ3v) is 12.2. The zero-order chi connectivity index (χ0) is 47.0. The number of benzene rings is 6. The van der Waals surface area contributed by atoms with Gasteiger partial charge >= 0.3 is 94.6 Å². The van der Waals surface area contributed by atoms with E-state index in [-0.39, 0.29) is 138 Å². The Bertz CT molecular complexity index is 3400. The third kappa shape index (κ3) is 12.9. The van der Waals surface area contributed by atoms with Gasteiger partial charge in [0.1, 0.15) is 36.8 Å². The van der Waals surface area contributed by atoms with E-state index in [9.17, 15) is 65.0 Å². The second kappa shape index (κ2) is 23.0. The number of aromatic nitrogens is 2. The van der Waals surface area contributed by atoms with Crippen molar-refractivity contribution < 1.29 is 163 Å². The first-order valence-electron chi connectivity index (χ1n) is 17.6. The van der Waals surface area contributed by atoms with E-state index < -0.39 is 80.5 Å². The SMILES string of the molecule is Cc1cc(N=Nc2ccc3cc(SOO[O-])cc(S(=O)(=O)[O-])c3c2)ccc1N=Nc1c(S(O)(O)O)cc2ccc(N=Nc3c(C(=O)O)nn(-c4ccc(S(=O)(=O)[O-])cc4)c3O)cc2c1O.[Na+].[Na+].[Na+]. The van der Waals surface area contributed by atoms with Crippen LogP contribution < -0.4 is 93.9 Å². The van der Waals surface area contributed by atoms with Gasteiger partial charge < -0.3 is 43.3 Å². The number of aromatic hydroxyl groups is 2. The molecule has 0 spiro atoms. The Hall–Kier alpha value is -3.80. The van der Waals surface area contributed by atoms with Crippen LogP contribution in [0.25, 0.3) is 27.2 Å². The smallest absolute Gasteiger partial charge is 0.744 e. The Morgan fingerprint density at radius 2 is 1.24 bits per heavy atom. The van der Waals surface area contributed by atoms with Crippen molar-refractivity contribution in [2.24, 2.45) is 30.7 Å². The van der Waals surface area contributed by atoms with Crippen molar-refractivity contribution in [3.8, 4) is 17.3 Å². The van der Waals surface area contributed by atoms with Crippen molar-refractivity contribution in [2.75, 3.05) is 0 Å². The van der Waals surface area contributed by atoms with E-state index in [0.29, 0.717) is 23.0 Å². The van der Waals surface area contributed by atoms with E-state index in [4.69, 9.17) is 0 Å². The summed E-state index contributed by atoms with van der Waals surface area (Å²) in [4.78, 5) is 10.3. The first-order valence-corrected chi connectivity index (χ1v) is 22.6. The van der Waals surface area contributed by atoms with E-state index >= 15 is 0 Å². The number of phenolic OH excluding ortho intramolecular Hbond substituents is 1. The van der Waals surface area contributed by atoms with E-state index in [1.807, 2.05) is 0 Å². The summed E-state index contributed by atoms with van der Waals surface area (Å²) in [5.41, 5.74) is -0.958. The van der Waals surface area contributed by atoms with Gasteiger partial charge in [0, 0.05) is 15.7 Å². The Kier molecular flexibility index (Phi) is 19.2. The minimum Gasteiger partial charge on any atom is -0.744 e. The Morgan fingerprint density at radius 1 is 0.676 bits per heavy atom. The molecule has 7 aromatic rings. The van der Waals surface area contributed by atoms with Gasteiger partial charge in [-0.05, 0) is 108 Å². The number of carboxylic acids is 1. The molecule has 0 bridgehead atoms. The van der Waals surface area contributed by atoms with E-state index in [2.05, 4.69) is 45.2 Å². The topological polar surface area (TPSA) is 386 Å². The molecule has 0 saturated carbocycles. The molecule has 0 aliphatic heterocycles. The van der Waals surface area contributed by atoms with E-state index in [1.54, 1.807) is 6.92 Å². The van der Waals surface area contributed by atoms with Crippen LogP contribution in [0.1, 0.15) is 16.1 Å². The van der Waals surface area contributed by atoms with Gasteiger partial charge in [-0.15, -0.1) is 10.2 Å². The van der Waals surface area contributed by atoms with Crippen molar-refractivity contribution in [1.82, 2.24) is 9.78 Å². The summed E-state index contributed by atoms with van der Waals surface area (Å²) < 4.78 is 106. The van der Waals surface area contributed by atoms with Gasteiger partial charge in [0.05, 0.1) is 55.2 Å². The minimum atomic E-state index is -4.99. The molecule has 0 amide bonds. The number of aryl methyl sites for hydroxylation is 1. The van der Waals surface area contributed by atoms with Crippen LogP contribution in [0.5, 0.6) is 11.6 Å². The number of aromatic carboxylic acids is 1. The molecule has 0 unspecified atom stereocenters. The van der Waals surface area contributed by atoms with Crippen LogP contribution in [0.2, 0.25) is 0 Å². The van der Waals surface area contributed by atoms with Crippen molar-refractivity contribution in [2.45, 2.75) is 26.5 Å². The molecule has 0 saturated heterocycles. The molecule has 0 aliphatic carbocycles. The monoisotopic (exact) mass is 1030 g/mol. The first kappa shape index (κ1) is 56.8. The number of hydrogen-bond donors (Lipinski definition) is 6. The maximum atomic E-state index is 12.0. The molecule has 31 heteroatoms. The maximum Gasteiger partial charge on any atom is 1.00 e. The molecule has 7 rings (SSSR count). The maximum absolute atomic E-state index is 12.0. The average Bonchev–Trinajstić information content (AvgIpc) is 3.58. The predicted octanol–water partition coefficient (Wildman–Crippen LogP) is -0.524. The molecule has 24 nitrogen and oxygen atoms in total. The Balaban J connectivity index is 0.00000336. The van der Waals surface area contributed by atoms with Crippen molar-refractivity contribution in [1.29, 1.82) is 0 Å². The zero-order valence-electron chi connectivity index (χ0n) is 35.2. The van der Waals surface area contributed by atoms with Crippen LogP contribution in [-0.2, 0) is 29.6 Å². The van der Waals surface area contributed by atoms with Crippen LogP contribution in [0, 0.1) is 6.92 Å². The third-order valence-electron chi connectivity index (χ3n) is 9.03. The van der Waals surface area contributed by atoms with Gasteiger partial charge in [0.25, 0.3) is 0 Å². The Labute approximate surface area is 455 Å². The van der Waals surface area contributed by atoms with Crippen molar-refractivity contribution in [3.05, 3.63) is 108 Å². The average molecular weight is 1030 g/mol. The molecule has 0 atom stereocenters. The van der Waals surface area contributed by atoms with Gasteiger partial charge in [0.2, 0.25) is 11.6 Å². The molecule has 336 valence electrons. The minimum absolute atomic E-state index is 0. The molecule has 0 aliphatic rings. The van der Waals surface area contributed by atoms with Gasteiger partial charge in [-0.1, -0.05) is 12.1 Å². The summed E-state index contributed by atoms with van der Waals surface area (Å²) in [6, 6.07) is 20.2. The molecular weight excluding hydrogens is 1010 g/mol. The van der Waals surface area contributed by atoms with Gasteiger partial charge in [-0.3, -0.25) is 5.04 Å². The Morgan fingerprint density at radius 3 is 1.79 bits per heavy atom.